The molecule has 11 atom stereocenters. The van der Waals surface area contributed by atoms with Gasteiger partial charge in [0.05, 0.1) is 18.8 Å². The number of amides is 8. The van der Waals surface area contributed by atoms with Crippen LogP contribution in [0.15, 0.2) is 0 Å². The number of nitrogens with zero attached hydrogens (tertiary/aromatic N) is 2. The lowest BCUT2D eigenvalue weighted by molar-refractivity contribution is -0.144. The van der Waals surface area contributed by atoms with Crippen LogP contribution in [-0.4, -0.2) is 159 Å². The molecule has 0 aromatic rings. The fourth-order valence-electron chi connectivity index (χ4n) is 7.69. The van der Waals surface area contributed by atoms with Crippen molar-refractivity contribution in [1.29, 1.82) is 0 Å². The first-order valence-corrected chi connectivity index (χ1v) is 22.6. The molecule has 0 aliphatic carbocycles. The number of hydrogen-bond donors (Lipinski definition) is 10. The molecule has 8 amide bonds. The highest BCUT2D eigenvalue weighted by Gasteiger charge is 2.42. The zero-order valence-electron chi connectivity index (χ0n) is 39.1. The van der Waals surface area contributed by atoms with Crippen LogP contribution < -0.4 is 37.6 Å². The Hall–Kier alpha value is -4.89. The number of hydrogen-bond acceptors (Lipinski definition) is 12. The molecular formula is C43H75N9O12. The van der Waals surface area contributed by atoms with E-state index in [1.165, 1.54) is 23.6 Å². The van der Waals surface area contributed by atoms with E-state index < -0.39 is 120 Å². The van der Waals surface area contributed by atoms with Crippen molar-refractivity contribution in [1.82, 2.24) is 41.7 Å². The van der Waals surface area contributed by atoms with Gasteiger partial charge in [-0.15, -0.1) is 0 Å². The second-order valence-corrected chi connectivity index (χ2v) is 18.4. The second-order valence-electron chi connectivity index (χ2n) is 18.4. The summed E-state index contributed by atoms with van der Waals surface area (Å²) in [5, 5.41) is 45.3. The number of carbonyl (C=O) groups is 9. The van der Waals surface area contributed by atoms with E-state index in [0.29, 0.717) is 25.7 Å². The van der Waals surface area contributed by atoms with Crippen LogP contribution in [0, 0.1) is 23.7 Å². The van der Waals surface area contributed by atoms with Crippen molar-refractivity contribution < 1.29 is 58.5 Å². The van der Waals surface area contributed by atoms with Gasteiger partial charge in [0.15, 0.2) is 0 Å². The molecule has 0 spiro atoms. The maximum absolute atomic E-state index is 13.9. The summed E-state index contributed by atoms with van der Waals surface area (Å²) in [5.41, 5.74) is 6.06. The van der Waals surface area contributed by atoms with Crippen LogP contribution in [0.3, 0.4) is 0 Å². The Balaban J connectivity index is 2.15. The maximum atomic E-state index is 13.9. The summed E-state index contributed by atoms with van der Waals surface area (Å²) in [4.78, 5) is 122. The molecule has 0 unspecified atom stereocenters. The van der Waals surface area contributed by atoms with Gasteiger partial charge in [-0.05, 0) is 76.0 Å². The van der Waals surface area contributed by atoms with Gasteiger partial charge in [-0.1, -0.05) is 61.8 Å². The van der Waals surface area contributed by atoms with Gasteiger partial charge in [-0.2, -0.15) is 0 Å². The van der Waals surface area contributed by atoms with E-state index in [0.717, 1.165) is 0 Å². The van der Waals surface area contributed by atoms with E-state index in [2.05, 4.69) is 31.9 Å². The number of aliphatic hydroxyl groups excluding tert-OH is 2. The van der Waals surface area contributed by atoms with Crippen LogP contribution >= 0.6 is 0 Å². The van der Waals surface area contributed by atoms with Gasteiger partial charge in [0.25, 0.3) is 0 Å². The molecule has 0 saturated carbocycles. The summed E-state index contributed by atoms with van der Waals surface area (Å²) in [6.45, 7) is 16.5. The van der Waals surface area contributed by atoms with Crippen LogP contribution in [-0.2, 0) is 43.2 Å². The summed E-state index contributed by atoms with van der Waals surface area (Å²) in [5.74, 6) is -7.60. The minimum Gasteiger partial charge on any atom is -0.480 e. The SMILES string of the molecule is CC[C@H](C)[C@H](NC(=O)[C@@H](N)C(C)C)C(=O)N1CCC[C@H]1C(=O)N[C@@H](CC(C)C)C(=O)N[C@@H](CO)C(=O)N[C@@H](C)C(=O)N1CCC[C@H]1C(=O)N[C@H](C(=O)N[C@@H](CC(C)C)C(=O)O)[C@@H](C)O. The van der Waals surface area contributed by atoms with E-state index in [9.17, 15) is 58.5 Å². The van der Waals surface area contributed by atoms with Crippen molar-refractivity contribution in [2.24, 2.45) is 29.4 Å². The van der Waals surface area contributed by atoms with Crippen LogP contribution in [0.25, 0.3) is 0 Å². The second kappa shape index (κ2) is 25.6. The summed E-state index contributed by atoms with van der Waals surface area (Å²) >= 11 is 0. The average Bonchev–Trinajstić information content (AvgIpc) is 3.92. The molecule has 2 saturated heterocycles. The van der Waals surface area contributed by atoms with Crippen LogP contribution in [0.4, 0.5) is 0 Å². The Labute approximate surface area is 376 Å². The standard InChI is InChI=1S/C43H75N9O12/c1-11-24(8)33(49-39(59)32(44)23(6)7)42(62)52-17-13-14-30(52)37(57)46-27(18-21(2)3)35(55)48-29(20-53)36(56)45-25(9)41(61)51-16-12-15-31(51)38(58)50-34(26(10)54)40(60)47-28(43(63)64)19-22(4)5/h21-34,53-54H,11-20,44H2,1-10H3,(H,45,56)(H,46,57)(H,47,60)(H,48,55)(H,49,59)(H,50,58)(H,63,64)/t24-,25-,26+,27-,28-,29-,30-,31-,32-,33-,34-/m0/s1. The number of nitrogens with two attached hydrogens (primary N) is 1. The number of carboxylic acids is 1. The summed E-state index contributed by atoms with van der Waals surface area (Å²) in [6.07, 6.45) is 0.730. The van der Waals surface area contributed by atoms with E-state index >= 15 is 0 Å². The minimum atomic E-state index is -1.57. The normalized spacial score (nSPS) is 20.6. The third-order valence-electron chi connectivity index (χ3n) is 11.7. The molecule has 2 fully saturated rings. The monoisotopic (exact) mass is 910 g/mol. The molecular weight excluding hydrogens is 835 g/mol. The third kappa shape index (κ3) is 15.7. The van der Waals surface area contributed by atoms with Crippen molar-refractivity contribution in [2.45, 2.75) is 175 Å². The Bertz CT molecular complexity index is 1660. The highest BCUT2D eigenvalue weighted by molar-refractivity contribution is 5.98. The maximum Gasteiger partial charge on any atom is 0.326 e. The summed E-state index contributed by atoms with van der Waals surface area (Å²) < 4.78 is 0. The van der Waals surface area contributed by atoms with E-state index in [-0.39, 0.29) is 56.0 Å². The fourth-order valence-corrected chi connectivity index (χ4v) is 7.69. The molecule has 2 aliphatic heterocycles. The number of aliphatic hydroxyl groups is 2. The fraction of sp³-hybridized carbons (Fsp3) is 0.791. The predicted octanol–water partition coefficient (Wildman–Crippen LogP) is -1.52. The molecule has 11 N–H and O–H groups in total. The lowest BCUT2D eigenvalue weighted by Gasteiger charge is -2.33. The molecule has 2 aliphatic rings. The predicted molar refractivity (Wildman–Crippen MR) is 234 cm³/mol. The summed E-state index contributed by atoms with van der Waals surface area (Å²) in [7, 11) is 0. The van der Waals surface area contributed by atoms with Crippen LogP contribution in [0.1, 0.15) is 114 Å². The third-order valence-corrected chi connectivity index (χ3v) is 11.7. The smallest absolute Gasteiger partial charge is 0.326 e. The van der Waals surface area contributed by atoms with Crippen molar-refractivity contribution in [2.75, 3.05) is 19.7 Å². The zero-order chi connectivity index (χ0) is 48.7. The molecule has 2 heterocycles. The van der Waals surface area contributed by atoms with Gasteiger partial charge < -0.3 is 62.8 Å². The lowest BCUT2D eigenvalue weighted by Crippen LogP contribution is -2.61. The topological polar surface area (TPSA) is 319 Å². The molecule has 21 heteroatoms. The lowest BCUT2D eigenvalue weighted by atomic mass is 9.96. The Morgan fingerprint density at radius 3 is 1.56 bits per heavy atom. The molecule has 0 bridgehead atoms. The molecule has 21 nitrogen and oxygen atoms in total. The molecule has 64 heavy (non-hydrogen) atoms. The highest BCUT2D eigenvalue weighted by Crippen LogP contribution is 2.23. The van der Waals surface area contributed by atoms with Crippen molar-refractivity contribution in [3.63, 3.8) is 0 Å². The van der Waals surface area contributed by atoms with E-state index in [1.807, 2.05) is 27.7 Å². The average molecular weight is 910 g/mol. The Morgan fingerprint density at radius 1 is 0.609 bits per heavy atom. The quantitative estimate of drug-likeness (QED) is 0.0527. The van der Waals surface area contributed by atoms with Gasteiger partial charge in [0.1, 0.15) is 48.3 Å². The van der Waals surface area contributed by atoms with Crippen molar-refractivity contribution >= 4 is 53.2 Å². The first kappa shape index (κ1) is 55.2. The number of carbonyl (C=O) groups excluding carboxylic acids is 8. The van der Waals surface area contributed by atoms with Crippen molar-refractivity contribution in [3.8, 4) is 0 Å². The number of carboxylic acid groups (broad SMARTS) is 1. The van der Waals surface area contributed by atoms with E-state index in [4.69, 9.17) is 5.73 Å². The van der Waals surface area contributed by atoms with Gasteiger partial charge in [0, 0.05) is 13.1 Å². The van der Waals surface area contributed by atoms with Crippen molar-refractivity contribution in [3.05, 3.63) is 0 Å². The van der Waals surface area contributed by atoms with Gasteiger partial charge in [-0.25, -0.2) is 4.79 Å². The summed E-state index contributed by atoms with van der Waals surface area (Å²) in [6, 6.07) is -10.7. The zero-order valence-corrected chi connectivity index (χ0v) is 39.1. The number of likely N-dealkylation sites (tertiary alicyclic amines) is 2. The molecule has 0 aromatic heterocycles. The first-order valence-electron chi connectivity index (χ1n) is 22.6. The highest BCUT2D eigenvalue weighted by atomic mass is 16.4. The van der Waals surface area contributed by atoms with Gasteiger partial charge >= 0.3 is 5.97 Å². The first-order chi connectivity index (χ1) is 29.9. The van der Waals surface area contributed by atoms with Gasteiger partial charge in [-0.3, -0.25) is 38.4 Å². The Morgan fingerprint density at radius 2 is 1.09 bits per heavy atom. The molecule has 0 aromatic carbocycles. The number of nitrogens with one attached hydrogen (secondary N) is 6. The van der Waals surface area contributed by atoms with Crippen LogP contribution in [0.5, 0.6) is 0 Å². The van der Waals surface area contributed by atoms with Crippen LogP contribution in [0.2, 0.25) is 0 Å². The van der Waals surface area contributed by atoms with E-state index in [1.54, 1.807) is 27.7 Å². The Kier molecular flexibility index (Phi) is 22.1. The molecule has 0 radical (unpaired) electrons. The molecule has 364 valence electrons. The number of aliphatic carboxylic acids is 1. The molecule has 2 rings (SSSR count). The largest absolute Gasteiger partial charge is 0.480 e. The minimum absolute atomic E-state index is 0.0832. The number of rotatable bonds is 24. The van der Waals surface area contributed by atoms with Gasteiger partial charge in [0.2, 0.25) is 47.3 Å².